The van der Waals surface area contributed by atoms with E-state index in [4.69, 9.17) is 0 Å². The van der Waals surface area contributed by atoms with Crippen molar-refractivity contribution < 1.29 is 4.92 Å². The molecule has 2 heterocycles. The van der Waals surface area contributed by atoms with Crippen molar-refractivity contribution in [2.24, 2.45) is 0 Å². The minimum Gasteiger partial charge on any atom is -0.258 e. The second kappa shape index (κ2) is 3.79. The largest absolute Gasteiger partial charge is 0.295 e. The van der Waals surface area contributed by atoms with Crippen LogP contribution in [0.25, 0.3) is 11.1 Å². The van der Waals surface area contributed by atoms with E-state index in [9.17, 15) is 10.1 Å². The lowest BCUT2D eigenvalue weighted by atomic mass is 10.1. The van der Waals surface area contributed by atoms with Gasteiger partial charge >= 0.3 is 0 Å². The van der Waals surface area contributed by atoms with E-state index in [1.165, 1.54) is 31.1 Å². The van der Waals surface area contributed by atoms with Gasteiger partial charge in [-0.2, -0.15) is 0 Å². The van der Waals surface area contributed by atoms with Gasteiger partial charge in [-0.15, -0.1) is 0 Å². The monoisotopic (exact) mass is 202 g/mol. The predicted molar refractivity (Wildman–Crippen MR) is 51.9 cm³/mol. The third kappa shape index (κ3) is 1.78. The van der Waals surface area contributed by atoms with Gasteiger partial charge in [0.05, 0.1) is 10.5 Å². The molecule has 0 aliphatic rings. The van der Waals surface area contributed by atoms with Crippen LogP contribution in [0.5, 0.6) is 0 Å². The number of nitro groups is 1. The molecule has 2 aromatic heterocycles. The minimum atomic E-state index is -0.477. The van der Waals surface area contributed by atoms with Crippen molar-refractivity contribution in [1.29, 1.82) is 0 Å². The topological polar surface area (TPSA) is 81.8 Å². The molecule has 0 aliphatic heterocycles. The number of rotatable bonds is 2. The fourth-order valence-electron chi connectivity index (χ4n) is 1.21. The van der Waals surface area contributed by atoms with Crippen LogP contribution in [0.1, 0.15) is 0 Å². The predicted octanol–water partition coefficient (Wildman–Crippen LogP) is 1.45. The van der Waals surface area contributed by atoms with Gasteiger partial charge in [-0.3, -0.25) is 15.1 Å². The Balaban J connectivity index is 2.58. The molecule has 0 spiro atoms. The molecule has 2 rings (SSSR count). The second-order valence-electron chi connectivity index (χ2n) is 2.78. The summed E-state index contributed by atoms with van der Waals surface area (Å²) in [6.07, 6.45) is 7.12. The normalized spacial score (nSPS) is 9.87. The van der Waals surface area contributed by atoms with E-state index in [0.29, 0.717) is 11.1 Å². The lowest BCUT2D eigenvalue weighted by molar-refractivity contribution is -0.384. The van der Waals surface area contributed by atoms with Crippen LogP contribution < -0.4 is 0 Å². The van der Waals surface area contributed by atoms with Crippen LogP contribution in [0, 0.1) is 10.1 Å². The van der Waals surface area contributed by atoms with Crippen LogP contribution in [-0.4, -0.2) is 19.9 Å². The molecule has 0 N–H and O–H groups in total. The molecule has 6 nitrogen and oxygen atoms in total. The van der Waals surface area contributed by atoms with Gasteiger partial charge in [-0.05, 0) is 6.07 Å². The summed E-state index contributed by atoms with van der Waals surface area (Å²) in [5, 5.41) is 10.7. The number of hydrogen-bond donors (Lipinski definition) is 0. The highest BCUT2D eigenvalue weighted by Crippen LogP contribution is 2.26. The summed E-state index contributed by atoms with van der Waals surface area (Å²) in [6, 6.07) is 1.57. The molecule has 15 heavy (non-hydrogen) atoms. The van der Waals surface area contributed by atoms with Gasteiger partial charge in [0.1, 0.15) is 12.5 Å². The molecule has 0 unspecified atom stereocenters. The van der Waals surface area contributed by atoms with E-state index >= 15 is 0 Å². The SMILES string of the molecule is O=[N+]([O-])c1cnccc1-c1cncnc1. The maximum atomic E-state index is 10.7. The van der Waals surface area contributed by atoms with Crippen LogP contribution in [0.15, 0.2) is 37.2 Å². The second-order valence-corrected chi connectivity index (χ2v) is 2.78. The zero-order valence-electron chi connectivity index (χ0n) is 7.57. The van der Waals surface area contributed by atoms with E-state index in [1.54, 1.807) is 6.07 Å². The van der Waals surface area contributed by atoms with Crippen LogP contribution in [0.2, 0.25) is 0 Å². The van der Waals surface area contributed by atoms with Crippen molar-refractivity contribution in [2.75, 3.05) is 0 Å². The van der Waals surface area contributed by atoms with Gasteiger partial charge in [0, 0.05) is 24.2 Å². The summed E-state index contributed by atoms with van der Waals surface area (Å²) in [5.41, 5.74) is 1.02. The van der Waals surface area contributed by atoms with Crippen molar-refractivity contribution in [3.05, 3.63) is 47.3 Å². The smallest absolute Gasteiger partial charge is 0.258 e. The molecule has 0 saturated carbocycles. The molecular formula is C9H6N4O2. The van der Waals surface area contributed by atoms with Gasteiger partial charge in [-0.1, -0.05) is 0 Å². The average Bonchev–Trinajstić information content (AvgIpc) is 2.30. The van der Waals surface area contributed by atoms with Crippen LogP contribution in [0.4, 0.5) is 5.69 Å². The van der Waals surface area contributed by atoms with Crippen molar-refractivity contribution in [3.63, 3.8) is 0 Å². The maximum Gasteiger partial charge on any atom is 0.295 e. The van der Waals surface area contributed by atoms with Crippen molar-refractivity contribution in [1.82, 2.24) is 15.0 Å². The third-order valence-electron chi connectivity index (χ3n) is 1.87. The molecule has 0 saturated heterocycles. The summed E-state index contributed by atoms with van der Waals surface area (Å²) in [5.74, 6) is 0. The van der Waals surface area contributed by atoms with E-state index in [1.807, 2.05) is 0 Å². The molecule has 74 valence electrons. The zero-order valence-corrected chi connectivity index (χ0v) is 7.57. The lowest BCUT2D eigenvalue weighted by Crippen LogP contribution is -1.93. The summed E-state index contributed by atoms with van der Waals surface area (Å²) in [6.45, 7) is 0. The first-order valence-electron chi connectivity index (χ1n) is 4.13. The van der Waals surface area contributed by atoms with Crippen LogP contribution >= 0.6 is 0 Å². The molecule has 0 radical (unpaired) electrons. The van der Waals surface area contributed by atoms with Crippen molar-refractivity contribution in [3.8, 4) is 11.1 Å². The highest BCUT2D eigenvalue weighted by Gasteiger charge is 2.14. The van der Waals surface area contributed by atoms with E-state index in [0.717, 1.165) is 0 Å². The first kappa shape index (κ1) is 9.20. The molecule has 0 aromatic carbocycles. The highest BCUT2D eigenvalue weighted by molar-refractivity contribution is 5.71. The Morgan fingerprint density at radius 3 is 2.53 bits per heavy atom. The van der Waals surface area contributed by atoms with Crippen LogP contribution in [-0.2, 0) is 0 Å². The summed E-state index contributed by atoms with van der Waals surface area (Å²) >= 11 is 0. The standard InChI is InChI=1S/C9H6N4O2/c14-13(15)9-5-10-2-1-8(9)7-3-11-6-12-4-7/h1-6H. The number of nitrogens with zero attached hydrogens (tertiary/aromatic N) is 4. The molecule has 0 fully saturated rings. The Hall–Kier alpha value is -2.37. The van der Waals surface area contributed by atoms with Gasteiger partial charge < -0.3 is 0 Å². The Morgan fingerprint density at radius 2 is 1.87 bits per heavy atom. The molecule has 2 aromatic rings. The van der Waals surface area contributed by atoms with Crippen LogP contribution in [0.3, 0.4) is 0 Å². The highest BCUT2D eigenvalue weighted by atomic mass is 16.6. The van der Waals surface area contributed by atoms with E-state index < -0.39 is 4.92 Å². The van der Waals surface area contributed by atoms with E-state index in [-0.39, 0.29) is 5.69 Å². The zero-order chi connectivity index (χ0) is 10.7. The fourth-order valence-corrected chi connectivity index (χ4v) is 1.21. The summed E-state index contributed by atoms with van der Waals surface area (Å²) < 4.78 is 0. The Labute approximate surface area is 84.8 Å². The summed E-state index contributed by atoms with van der Waals surface area (Å²) in [4.78, 5) is 21.6. The Morgan fingerprint density at radius 1 is 1.13 bits per heavy atom. The molecule has 0 bridgehead atoms. The van der Waals surface area contributed by atoms with E-state index in [2.05, 4.69) is 15.0 Å². The maximum absolute atomic E-state index is 10.7. The van der Waals surface area contributed by atoms with Gasteiger partial charge in [0.2, 0.25) is 0 Å². The minimum absolute atomic E-state index is 0.0488. The number of aromatic nitrogens is 3. The molecule has 0 atom stereocenters. The Bertz CT molecular complexity index is 486. The quantitative estimate of drug-likeness (QED) is 0.543. The Kier molecular flexibility index (Phi) is 2.32. The number of hydrogen-bond acceptors (Lipinski definition) is 5. The third-order valence-corrected chi connectivity index (χ3v) is 1.87. The number of pyridine rings is 1. The lowest BCUT2D eigenvalue weighted by Gasteiger charge is -2.00. The summed E-state index contributed by atoms with van der Waals surface area (Å²) in [7, 11) is 0. The first-order valence-corrected chi connectivity index (χ1v) is 4.13. The van der Waals surface area contributed by atoms with Gasteiger partial charge in [-0.25, -0.2) is 9.97 Å². The van der Waals surface area contributed by atoms with Gasteiger partial charge in [0.25, 0.3) is 5.69 Å². The fraction of sp³-hybridized carbons (Fsp3) is 0. The van der Waals surface area contributed by atoms with Crippen molar-refractivity contribution in [2.45, 2.75) is 0 Å². The molecule has 0 aliphatic carbocycles. The van der Waals surface area contributed by atoms with Gasteiger partial charge in [0.15, 0.2) is 0 Å². The molecule has 0 amide bonds. The van der Waals surface area contributed by atoms with Crippen molar-refractivity contribution >= 4 is 5.69 Å². The first-order chi connectivity index (χ1) is 7.29. The average molecular weight is 202 g/mol. The molecule has 6 heteroatoms. The molecular weight excluding hydrogens is 196 g/mol.